The Hall–Kier alpha value is -0.770. The Bertz CT molecular complexity index is 507. The van der Waals surface area contributed by atoms with Gasteiger partial charge >= 0.3 is 5.97 Å². The van der Waals surface area contributed by atoms with Crippen molar-refractivity contribution >= 4 is 29.2 Å². The molecule has 0 saturated heterocycles. The van der Waals surface area contributed by atoms with Gasteiger partial charge in [-0.1, -0.05) is 42.3 Å². The average Bonchev–Trinajstić information content (AvgIpc) is 2.37. The Labute approximate surface area is 122 Å². The molecule has 0 heterocycles. The van der Waals surface area contributed by atoms with Gasteiger partial charge in [-0.2, -0.15) is 0 Å². The highest BCUT2D eigenvalue weighted by molar-refractivity contribution is 6.42. The summed E-state index contributed by atoms with van der Waals surface area (Å²) in [4.78, 5) is 12.1. The third-order valence-corrected chi connectivity index (χ3v) is 4.78. The Kier molecular flexibility index (Phi) is 3.83. The molecule has 19 heavy (non-hydrogen) atoms. The van der Waals surface area contributed by atoms with Crippen molar-refractivity contribution in [2.24, 2.45) is 0 Å². The minimum absolute atomic E-state index is 0.309. The van der Waals surface area contributed by atoms with Crippen LogP contribution in [0.4, 0.5) is 0 Å². The number of methoxy groups -OCH3 is 1. The van der Waals surface area contributed by atoms with E-state index in [2.05, 4.69) is 0 Å². The molecule has 0 radical (unpaired) electrons. The molecule has 0 amide bonds. The fourth-order valence-corrected chi connectivity index (χ4v) is 3.32. The normalized spacial score (nSPS) is 29.7. The minimum atomic E-state index is -0.887. The maximum atomic E-state index is 12.1. The number of benzene rings is 1. The lowest BCUT2D eigenvalue weighted by Crippen LogP contribution is -2.59. The lowest BCUT2D eigenvalue weighted by atomic mass is 9.55. The van der Waals surface area contributed by atoms with Crippen molar-refractivity contribution in [1.82, 2.24) is 0 Å². The van der Waals surface area contributed by atoms with Crippen LogP contribution in [0.3, 0.4) is 0 Å². The van der Waals surface area contributed by atoms with E-state index in [0.717, 1.165) is 0 Å². The first-order chi connectivity index (χ1) is 8.88. The van der Waals surface area contributed by atoms with Gasteiger partial charge in [-0.05, 0) is 30.9 Å². The lowest BCUT2D eigenvalue weighted by Gasteiger charge is -2.51. The number of halogens is 2. The molecule has 1 N–H and O–H groups in total. The van der Waals surface area contributed by atoms with E-state index in [4.69, 9.17) is 27.9 Å². The Balaban J connectivity index is 2.47. The molecule has 0 atom stereocenters. The largest absolute Gasteiger partial charge is 0.468 e. The summed E-state index contributed by atoms with van der Waals surface area (Å²) in [5.41, 5.74) is -1.09. The molecule has 2 rings (SSSR count). The number of hydrogen-bond donors (Lipinski definition) is 1. The smallest absolute Gasteiger partial charge is 0.316 e. The summed E-state index contributed by atoms with van der Waals surface area (Å²) in [5.74, 6) is -0.380. The second kappa shape index (κ2) is 4.97. The van der Waals surface area contributed by atoms with Gasteiger partial charge in [0.2, 0.25) is 0 Å². The number of hydrogen-bond acceptors (Lipinski definition) is 3. The summed E-state index contributed by atoms with van der Waals surface area (Å²) in [6, 6.07) is 5.18. The number of rotatable bonds is 3. The zero-order chi connectivity index (χ0) is 14.3. The first kappa shape index (κ1) is 14.6. The summed E-state index contributed by atoms with van der Waals surface area (Å²) in [5, 5.41) is 11.0. The van der Waals surface area contributed by atoms with Gasteiger partial charge in [-0.3, -0.25) is 4.79 Å². The van der Waals surface area contributed by atoms with Crippen LogP contribution in [0.15, 0.2) is 18.2 Å². The van der Waals surface area contributed by atoms with Crippen LogP contribution in [0.2, 0.25) is 10.0 Å². The standard InChI is InChI=1S/C14H16Cl2O3/c1-3-13(18)7-14(8-13,12(17)19-2)9-5-4-6-10(15)11(9)16/h4-6,18H,3,7-8H2,1-2H3. The van der Waals surface area contributed by atoms with Crippen molar-refractivity contribution in [1.29, 1.82) is 0 Å². The van der Waals surface area contributed by atoms with Gasteiger partial charge in [0.1, 0.15) is 0 Å². The maximum absolute atomic E-state index is 12.1. The van der Waals surface area contributed by atoms with E-state index in [1.165, 1.54) is 7.11 Å². The Morgan fingerprint density at radius 1 is 1.42 bits per heavy atom. The summed E-state index contributed by atoms with van der Waals surface area (Å²) >= 11 is 12.2. The highest BCUT2D eigenvalue weighted by Gasteiger charge is 2.60. The van der Waals surface area contributed by atoms with Crippen LogP contribution in [-0.2, 0) is 14.9 Å². The van der Waals surface area contributed by atoms with Crippen molar-refractivity contribution in [3.63, 3.8) is 0 Å². The Morgan fingerprint density at radius 3 is 2.58 bits per heavy atom. The minimum Gasteiger partial charge on any atom is -0.468 e. The van der Waals surface area contributed by atoms with E-state index in [1.807, 2.05) is 6.92 Å². The highest BCUT2D eigenvalue weighted by atomic mass is 35.5. The predicted octanol–water partition coefficient (Wildman–Crippen LogP) is 3.34. The third kappa shape index (κ3) is 2.24. The molecule has 1 saturated carbocycles. The van der Waals surface area contributed by atoms with E-state index >= 15 is 0 Å². The predicted molar refractivity (Wildman–Crippen MR) is 74.6 cm³/mol. The summed E-state index contributed by atoms with van der Waals surface area (Å²) in [6.07, 6.45) is 1.20. The van der Waals surface area contributed by atoms with Gasteiger partial charge in [0.05, 0.1) is 28.2 Å². The summed E-state index contributed by atoms with van der Waals surface area (Å²) in [7, 11) is 1.34. The molecule has 1 aromatic rings. The number of ether oxygens (including phenoxy) is 1. The third-order valence-electron chi connectivity index (χ3n) is 3.96. The molecule has 0 bridgehead atoms. The van der Waals surface area contributed by atoms with Crippen molar-refractivity contribution in [2.45, 2.75) is 37.2 Å². The van der Waals surface area contributed by atoms with Crippen molar-refractivity contribution in [2.75, 3.05) is 7.11 Å². The fraction of sp³-hybridized carbons (Fsp3) is 0.500. The van der Waals surface area contributed by atoms with E-state index in [9.17, 15) is 9.90 Å². The van der Waals surface area contributed by atoms with Gasteiger partial charge in [-0.15, -0.1) is 0 Å². The lowest BCUT2D eigenvalue weighted by molar-refractivity contribution is -0.168. The van der Waals surface area contributed by atoms with Gasteiger partial charge in [0.25, 0.3) is 0 Å². The number of carbonyl (C=O) groups excluding carboxylic acids is 1. The molecular formula is C14H16Cl2O3. The monoisotopic (exact) mass is 302 g/mol. The van der Waals surface area contributed by atoms with Crippen LogP contribution in [0.5, 0.6) is 0 Å². The number of esters is 1. The van der Waals surface area contributed by atoms with E-state index in [0.29, 0.717) is 34.9 Å². The van der Waals surface area contributed by atoms with Gasteiger partial charge in [0.15, 0.2) is 0 Å². The SMILES string of the molecule is CCC1(O)CC(C(=O)OC)(c2cccc(Cl)c2Cl)C1. The van der Waals surface area contributed by atoms with E-state index in [1.54, 1.807) is 18.2 Å². The van der Waals surface area contributed by atoms with Gasteiger partial charge in [-0.25, -0.2) is 0 Å². The average molecular weight is 303 g/mol. The second-order valence-electron chi connectivity index (χ2n) is 5.11. The van der Waals surface area contributed by atoms with E-state index in [-0.39, 0.29) is 5.97 Å². The molecule has 1 aromatic carbocycles. The van der Waals surface area contributed by atoms with Crippen molar-refractivity contribution < 1.29 is 14.6 Å². The Morgan fingerprint density at radius 2 is 2.05 bits per heavy atom. The number of carbonyl (C=O) groups is 1. The van der Waals surface area contributed by atoms with E-state index < -0.39 is 11.0 Å². The highest BCUT2D eigenvalue weighted by Crippen LogP contribution is 2.54. The first-order valence-electron chi connectivity index (χ1n) is 6.14. The second-order valence-corrected chi connectivity index (χ2v) is 5.89. The van der Waals surface area contributed by atoms with Crippen LogP contribution in [0.25, 0.3) is 0 Å². The molecule has 5 heteroatoms. The topological polar surface area (TPSA) is 46.5 Å². The number of aliphatic hydroxyl groups is 1. The molecule has 0 unspecified atom stereocenters. The van der Waals surface area contributed by atoms with Gasteiger partial charge < -0.3 is 9.84 Å². The first-order valence-corrected chi connectivity index (χ1v) is 6.89. The quantitative estimate of drug-likeness (QED) is 0.871. The van der Waals surface area contributed by atoms with Crippen LogP contribution >= 0.6 is 23.2 Å². The fourth-order valence-electron chi connectivity index (χ4n) is 2.84. The summed E-state index contributed by atoms with van der Waals surface area (Å²) in [6.45, 7) is 1.89. The molecule has 1 aliphatic carbocycles. The van der Waals surface area contributed by atoms with Crippen LogP contribution in [-0.4, -0.2) is 23.8 Å². The molecule has 104 valence electrons. The summed E-state index contributed by atoms with van der Waals surface area (Å²) < 4.78 is 4.89. The molecule has 0 aliphatic heterocycles. The molecular weight excluding hydrogens is 287 g/mol. The van der Waals surface area contributed by atoms with Crippen LogP contribution < -0.4 is 0 Å². The van der Waals surface area contributed by atoms with Gasteiger partial charge in [0, 0.05) is 0 Å². The van der Waals surface area contributed by atoms with Crippen LogP contribution in [0.1, 0.15) is 31.7 Å². The van der Waals surface area contributed by atoms with Crippen LogP contribution in [0, 0.1) is 0 Å². The molecule has 3 nitrogen and oxygen atoms in total. The van der Waals surface area contributed by atoms with Crippen molar-refractivity contribution in [3.05, 3.63) is 33.8 Å². The molecule has 1 fully saturated rings. The molecule has 1 aliphatic rings. The molecule has 0 spiro atoms. The zero-order valence-corrected chi connectivity index (χ0v) is 12.4. The maximum Gasteiger partial charge on any atom is 0.316 e. The zero-order valence-electron chi connectivity index (χ0n) is 10.9. The molecule has 0 aromatic heterocycles. The van der Waals surface area contributed by atoms with Crippen molar-refractivity contribution in [3.8, 4) is 0 Å².